The van der Waals surface area contributed by atoms with Crippen LogP contribution in [0.1, 0.15) is 90.0 Å². The van der Waals surface area contributed by atoms with Crippen LogP contribution < -0.4 is 4.74 Å². The van der Waals surface area contributed by atoms with E-state index in [0.717, 1.165) is 28.9 Å². The number of hydrogen-bond acceptors (Lipinski definition) is 3. The highest BCUT2D eigenvalue weighted by atomic mass is 19.1. The molecule has 1 heterocycles. The van der Waals surface area contributed by atoms with Gasteiger partial charge in [-0.2, -0.15) is 0 Å². The highest BCUT2D eigenvalue weighted by molar-refractivity contribution is 5.64. The Morgan fingerprint density at radius 1 is 0.667 bits per heavy atom. The van der Waals surface area contributed by atoms with E-state index >= 15 is 0 Å². The zero-order valence-electron chi connectivity index (χ0n) is 22.2. The molecule has 0 N–H and O–H groups in total. The quantitative estimate of drug-likeness (QED) is 0.177. The second-order valence-electron chi connectivity index (χ2n) is 9.77. The molecule has 0 aliphatic heterocycles. The van der Waals surface area contributed by atoms with Crippen LogP contribution in [0.3, 0.4) is 0 Å². The minimum absolute atomic E-state index is 0.0890. The molecular formula is C32H43FN2O. The van der Waals surface area contributed by atoms with Gasteiger partial charge in [-0.3, -0.25) is 0 Å². The van der Waals surface area contributed by atoms with Crippen molar-refractivity contribution in [2.75, 3.05) is 6.61 Å². The Labute approximate surface area is 217 Å². The second-order valence-corrected chi connectivity index (χ2v) is 9.77. The molecule has 36 heavy (non-hydrogen) atoms. The van der Waals surface area contributed by atoms with Gasteiger partial charge in [-0.1, -0.05) is 108 Å². The maximum atomic E-state index is 13.4. The molecule has 0 saturated heterocycles. The number of ether oxygens (including phenoxy) is 1. The van der Waals surface area contributed by atoms with E-state index in [-0.39, 0.29) is 6.61 Å². The third-order valence-electron chi connectivity index (χ3n) is 6.74. The lowest BCUT2D eigenvalue weighted by atomic mass is 10.0. The first-order chi connectivity index (χ1) is 17.7. The topological polar surface area (TPSA) is 35.0 Å². The van der Waals surface area contributed by atoms with Gasteiger partial charge in [0, 0.05) is 23.5 Å². The van der Waals surface area contributed by atoms with Gasteiger partial charge in [0.2, 0.25) is 0 Å². The van der Waals surface area contributed by atoms with Crippen molar-refractivity contribution >= 4 is 0 Å². The molecule has 0 aliphatic carbocycles. The predicted octanol–water partition coefficient (Wildman–Crippen LogP) is 9.40. The van der Waals surface area contributed by atoms with Crippen molar-refractivity contribution in [3.8, 4) is 28.3 Å². The van der Waals surface area contributed by atoms with Crippen molar-refractivity contribution < 1.29 is 9.13 Å². The summed E-state index contributed by atoms with van der Waals surface area (Å²) in [6.45, 7) is 4.18. The molecule has 0 aliphatic rings. The summed E-state index contributed by atoms with van der Waals surface area (Å²) in [4.78, 5) is 9.17. The molecule has 4 heteroatoms. The van der Waals surface area contributed by atoms with Crippen molar-refractivity contribution in [1.29, 1.82) is 0 Å². The lowest BCUT2D eigenvalue weighted by Crippen LogP contribution is -2.11. The fraction of sp³-hybridized carbons (Fsp3) is 0.500. The number of unbranched alkanes of at least 4 members (excludes halogenated alkanes) is 9. The van der Waals surface area contributed by atoms with Gasteiger partial charge in [-0.25, -0.2) is 14.4 Å². The summed E-state index contributed by atoms with van der Waals surface area (Å²) >= 11 is 0. The Kier molecular flexibility index (Phi) is 12.4. The molecule has 194 valence electrons. The van der Waals surface area contributed by atoms with Crippen molar-refractivity contribution in [2.24, 2.45) is 0 Å². The molecule has 0 bridgehead atoms. The van der Waals surface area contributed by atoms with Gasteiger partial charge in [-0.05, 0) is 42.5 Å². The summed E-state index contributed by atoms with van der Waals surface area (Å²) < 4.78 is 18.9. The van der Waals surface area contributed by atoms with Crippen LogP contribution in [0.25, 0.3) is 22.5 Å². The molecule has 1 atom stereocenters. The number of hydrogen-bond donors (Lipinski definition) is 0. The Bertz CT molecular complexity index is 971. The van der Waals surface area contributed by atoms with Gasteiger partial charge in [0.15, 0.2) is 5.82 Å². The Morgan fingerprint density at radius 2 is 1.22 bits per heavy atom. The summed E-state index contributed by atoms with van der Waals surface area (Å²) in [5.74, 6) is 1.41. The van der Waals surface area contributed by atoms with Crippen LogP contribution in [-0.4, -0.2) is 22.7 Å². The normalized spacial score (nSPS) is 12.0. The fourth-order valence-corrected chi connectivity index (χ4v) is 4.31. The zero-order chi connectivity index (χ0) is 25.4. The highest BCUT2D eigenvalue weighted by Crippen LogP contribution is 2.24. The molecule has 2 aromatic carbocycles. The lowest BCUT2D eigenvalue weighted by Gasteiger charge is -2.09. The summed E-state index contributed by atoms with van der Waals surface area (Å²) in [6.07, 6.45) is 18.1. The van der Waals surface area contributed by atoms with Crippen LogP contribution in [-0.2, 0) is 6.42 Å². The maximum absolute atomic E-state index is 13.4. The standard InChI is InChI=1S/C32H43FN2O/c1-3-5-6-7-8-9-10-11-12-13-14-26-15-17-28(18-16-26)32-34-23-29(24-35-32)27-19-21-31(22-20-27)36-25-30(33)4-2/h15-24,30H,3-14,25H2,1-2H3. The first-order valence-corrected chi connectivity index (χ1v) is 14.0. The zero-order valence-corrected chi connectivity index (χ0v) is 22.2. The molecule has 0 fully saturated rings. The first kappa shape index (κ1) is 27.8. The third-order valence-corrected chi connectivity index (χ3v) is 6.74. The molecule has 0 spiro atoms. The van der Waals surface area contributed by atoms with Crippen molar-refractivity contribution in [3.63, 3.8) is 0 Å². The summed E-state index contributed by atoms with van der Waals surface area (Å²) in [7, 11) is 0. The van der Waals surface area contributed by atoms with Crippen molar-refractivity contribution in [3.05, 3.63) is 66.5 Å². The number of rotatable bonds is 17. The highest BCUT2D eigenvalue weighted by Gasteiger charge is 2.06. The van der Waals surface area contributed by atoms with Crippen molar-refractivity contribution in [1.82, 2.24) is 9.97 Å². The molecule has 0 amide bonds. The number of alkyl halides is 1. The van der Waals surface area contributed by atoms with E-state index in [0.29, 0.717) is 12.2 Å². The van der Waals surface area contributed by atoms with Crippen LogP contribution in [0.5, 0.6) is 5.75 Å². The number of halogens is 1. The Balaban J connectivity index is 1.40. The number of benzene rings is 2. The van der Waals surface area contributed by atoms with Gasteiger partial charge >= 0.3 is 0 Å². The lowest BCUT2D eigenvalue weighted by molar-refractivity contribution is 0.192. The maximum Gasteiger partial charge on any atom is 0.159 e. The second kappa shape index (κ2) is 16.1. The number of aromatic nitrogens is 2. The average Bonchev–Trinajstić information content (AvgIpc) is 2.93. The summed E-state index contributed by atoms with van der Waals surface area (Å²) in [5, 5.41) is 0. The number of aryl methyl sites for hydroxylation is 1. The molecule has 1 aromatic heterocycles. The minimum atomic E-state index is -0.931. The molecule has 3 nitrogen and oxygen atoms in total. The molecular weight excluding hydrogens is 447 g/mol. The molecule has 3 rings (SSSR count). The SMILES string of the molecule is CCCCCCCCCCCCc1ccc(-c2ncc(-c3ccc(OCC(F)CC)cc3)cn2)cc1. The molecule has 0 radical (unpaired) electrons. The van der Waals surface area contributed by atoms with Gasteiger partial charge < -0.3 is 4.74 Å². The van der Waals surface area contributed by atoms with Crippen LogP contribution in [0.4, 0.5) is 4.39 Å². The van der Waals surface area contributed by atoms with E-state index in [1.54, 1.807) is 0 Å². The van der Waals surface area contributed by atoms with Gasteiger partial charge in [0.05, 0.1) is 0 Å². The predicted molar refractivity (Wildman–Crippen MR) is 149 cm³/mol. The summed E-state index contributed by atoms with van der Waals surface area (Å²) in [6, 6.07) is 16.3. The Hall–Kier alpha value is -2.75. The Morgan fingerprint density at radius 3 is 1.81 bits per heavy atom. The van der Waals surface area contributed by atoms with Crippen LogP contribution in [0.15, 0.2) is 60.9 Å². The van der Waals surface area contributed by atoms with Gasteiger partial charge in [-0.15, -0.1) is 0 Å². The van der Waals surface area contributed by atoms with Gasteiger partial charge in [0.25, 0.3) is 0 Å². The van der Waals surface area contributed by atoms with Gasteiger partial charge in [0.1, 0.15) is 18.5 Å². The number of nitrogens with zero attached hydrogens (tertiary/aromatic N) is 2. The average molecular weight is 491 g/mol. The minimum Gasteiger partial charge on any atom is -0.491 e. The van der Waals surface area contributed by atoms with E-state index in [1.165, 1.54) is 69.8 Å². The smallest absolute Gasteiger partial charge is 0.159 e. The largest absolute Gasteiger partial charge is 0.491 e. The molecule has 3 aromatic rings. The molecule has 0 saturated carbocycles. The van der Waals surface area contributed by atoms with Crippen LogP contribution in [0.2, 0.25) is 0 Å². The van der Waals surface area contributed by atoms with E-state index in [4.69, 9.17) is 4.74 Å². The third kappa shape index (κ3) is 9.72. The molecule has 1 unspecified atom stereocenters. The monoisotopic (exact) mass is 490 g/mol. The van der Waals surface area contributed by atoms with Crippen LogP contribution >= 0.6 is 0 Å². The van der Waals surface area contributed by atoms with E-state index < -0.39 is 6.17 Å². The summed E-state index contributed by atoms with van der Waals surface area (Å²) in [5.41, 5.74) is 4.37. The van der Waals surface area contributed by atoms with Crippen molar-refractivity contribution in [2.45, 2.75) is 97.1 Å². The first-order valence-electron chi connectivity index (χ1n) is 14.0. The van der Waals surface area contributed by atoms with Crippen LogP contribution in [0, 0.1) is 0 Å². The van der Waals surface area contributed by atoms with E-state index in [9.17, 15) is 4.39 Å². The van der Waals surface area contributed by atoms with E-state index in [1.807, 2.05) is 43.6 Å². The fourth-order valence-electron chi connectivity index (χ4n) is 4.31. The van der Waals surface area contributed by atoms with E-state index in [2.05, 4.69) is 41.2 Å².